The van der Waals surface area contributed by atoms with Gasteiger partial charge in [0, 0.05) is 57.3 Å². The van der Waals surface area contributed by atoms with Crippen LogP contribution in [0.2, 0.25) is 0 Å². The number of pyridine rings is 1. The molecule has 0 saturated carbocycles. The Labute approximate surface area is 221 Å². The van der Waals surface area contributed by atoms with E-state index in [9.17, 15) is 22.4 Å². The highest BCUT2D eigenvalue weighted by Crippen LogP contribution is 2.45. The van der Waals surface area contributed by atoms with Crippen molar-refractivity contribution in [2.24, 2.45) is 0 Å². The number of sulfonamides is 1. The summed E-state index contributed by atoms with van der Waals surface area (Å²) in [4.78, 5) is 35.1. The van der Waals surface area contributed by atoms with Crippen molar-refractivity contribution in [1.29, 1.82) is 0 Å². The Bertz CT molecular complexity index is 1560. The summed E-state index contributed by atoms with van der Waals surface area (Å²) in [7, 11) is -3.33. The van der Waals surface area contributed by atoms with Gasteiger partial charge in [0.25, 0.3) is 5.91 Å². The highest BCUT2D eigenvalue weighted by Gasteiger charge is 2.48. The molecule has 2 saturated heterocycles. The number of nitrogens with zero attached hydrogens (tertiary/aromatic N) is 4. The fourth-order valence-corrected chi connectivity index (χ4v) is 7.16. The number of carbonyl (C=O) groups excluding carboxylic acids is 2. The lowest BCUT2D eigenvalue weighted by Crippen LogP contribution is -2.50. The van der Waals surface area contributed by atoms with Crippen LogP contribution in [-0.4, -0.2) is 79.8 Å². The van der Waals surface area contributed by atoms with Gasteiger partial charge in [0.2, 0.25) is 10.0 Å². The fourth-order valence-electron chi connectivity index (χ4n) is 6.34. The summed E-state index contributed by atoms with van der Waals surface area (Å²) < 4.78 is 39.7. The van der Waals surface area contributed by atoms with Gasteiger partial charge in [0.05, 0.1) is 28.4 Å². The van der Waals surface area contributed by atoms with Crippen molar-refractivity contribution in [1.82, 2.24) is 14.2 Å². The highest BCUT2D eigenvalue weighted by atomic mass is 32.2. The van der Waals surface area contributed by atoms with Gasteiger partial charge in [-0.2, -0.15) is 4.31 Å². The second kappa shape index (κ2) is 9.13. The smallest absolute Gasteiger partial charge is 0.257 e. The summed E-state index contributed by atoms with van der Waals surface area (Å²) >= 11 is 0. The van der Waals surface area contributed by atoms with Gasteiger partial charge in [0.1, 0.15) is 11.6 Å². The third-order valence-corrected chi connectivity index (χ3v) is 9.68. The van der Waals surface area contributed by atoms with Crippen LogP contribution in [-0.2, 0) is 26.7 Å². The predicted octanol–water partition coefficient (Wildman–Crippen LogP) is 2.75. The number of piperazine rings is 1. The number of rotatable bonds is 3. The molecule has 3 aliphatic rings. The molecule has 38 heavy (non-hydrogen) atoms. The van der Waals surface area contributed by atoms with E-state index in [4.69, 9.17) is 0 Å². The Morgan fingerprint density at radius 3 is 2.42 bits per heavy atom. The van der Waals surface area contributed by atoms with Crippen LogP contribution in [0.5, 0.6) is 0 Å². The molecule has 0 unspecified atom stereocenters. The van der Waals surface area contributed by atoms with Crippen molar-refractivity contribution in [2.75, 3.05) is 50.4 Å². The minimum absolute atomic E-state index is 0.225. The summed E-state index contributed by atoms with van der Waals surface area (Å²) in [6.45, 7) is 2.06. The van der Waals surface area contributed by atoms with Crippen molar-refractivity contribution < 1.29 is 22.4 Å². The molecule has 3 aromatic rings. The fraction of sp³-hybridized carbons (Fsp3) is 0.393. The van der Waals surface area contributed by atoms with Crippen LogP contribution < -0.4 is 4.90 Å². The first kappa shape index (κ1) is 24.9. The number of Topliss-reactive ketones (excluding diaryl/α,β-unsaturated/α-hetero) is 1. The minimum atomic E-state index is -3.33. The number of aromatic nitrogens is 1. The third-order valence-electron chi connectivity index (χ3n) is 8.38. The zero-order chi connectivity index (χ0) is 26.7. The highest BCUT2D eigenvalue weighted by molar-refractivity contribution is 7.88. The molecule has 8 nitrogen and oxygen atoms in total. The largest absolute Gasteiger partial charge is 0.370 e. The van der Waals surface area contributed by atoms with E-state index in [-0.39, 0.29) is 37.9 Å². The topological polar surface area (TPSA) is 90.9 Å². The number of halogens is 1. The van der Waals surface area contributed by atoms with Crippen molar-refractivity contribution in [3.63, 3.8) is 0 Å². The summed E-state index contributed by atoms with van der Waals surface area (Å²) in [5, 5.41) is 0.555. The molecule has 6 rings (SSSR count). The van der Waals surface area contributed by atoms with Gasteiger partial charge in [-0.25, -0.2) is 12.8 Å². The first-order valence-electron chi connectivity index (χ1n) is 12.9. The van der Waals surface area contributed by atoms with E-state index in [2.05, 4.69) is 16.0 Å². The molecular formula is C28H29FN4O4S. The Morgan fingerprint density at radius 1 is 1.00 bits per heavy atom. The van der Waals surface area contributed by atoms with Gasteiger partial charge >= 0.3 is 0 Å². The maximum atomic E-state index is 14.4. The van der Waals surface area contributed by atoms with Crippen LogP contribution in [0.15, 0.2) is 48.7 Å². The molecular weight excluding hydrogens is 507 g/mol. The lowest BCUT2D eigenvalue weighted by molar-refractivity contribution is -0.123. The Hall–Kier alpha value is -3.37. The van der Waals surface area contributed by atoms with Gasteiger partial charge in [-0.1, -0.05) is 24.3 Å². The van der Waals surface area contributed by atoms with Gasteiger partial charge in [0.15, 0.2) is 0 Å². The number of piperidine rings is 1. The number of ketones is 1. The van der Waals surface area contributed by atoms with Crippen LogP contribution >= 0.6 is 0 Å². The Kier molecular flexibility index (Phi) is 5.99. The predicted molar refractivity (Wildman–Crippen MR) is 142 cm³/mol. The van der Waals surface area contributed by atoms with E-state index in [1.54, 1.807) is 17.2 Å². The molecule has 2 aromatic carbocycles. The zero-order valence-electron chi connectivity index (χ0n) is 21.2. The average Bonchev–Trinajstić information content (AvgIpc) is 3.18. The molecule has 0 radical (unpaired) electrons. The summed E-state index contributed by atoms with van der Waals surface area (Å²) in [5.41, 5.74) is 3.25. The Balaban J connectivity index is 1.34. The van der Waals surface area contributed by atoms with Gasteiger partial charge in [-0.15, -0.1) is 0 Å². The van der Waals surface area contributed by atoms with Crippen molar-refractivity contribution >= 4 is 38.3 Å². The van der Waals surface area contributed by atoms with Crippen LogP contribution in [0.1, 0.15) is 34.3 Å². The van der Waals surface area contributed by atoms with Crippen LogP contribution in [0.4, 0.5) is 10.1 Å². The summed E-state index contributed by atoms with van der Waals surface area (Å²) in [5.74, 6) is -0.432. The molecule has 0 bridgehead atoms. The molecule has 198 valence electrons. The van der Waals surface area contributed by atoms with Crippen molar-refractivity contribution in [3.8, 4) is 0 Å². The number of hydrogen-bond acceptors (Lipinski definition) is 6. The standard InChI is InChI=1S/C28H29FN4O4S/c1-38(36,37)33-14-12-32(13-15-33)27(35)22-18-30-24-7-6-20(29)17-21(24)26(22)31-10-8-28(9-11-31)23-5-3-2-4-19(23)16-25(28)34/h2-7,17-18H,8-16H2,1H3. The van der Waals surface area contributed by atoms with Gasteiger partial charge < -0.3 is 9.80 Å². The Morgan fingerprint density at radius 2 is 1.71 bits per heavy atom. The van der Waals surface area contributed by atoms with Gasteiger partial charge in [-0.05, 0) is 42.2 Å². The molecule has 1 spiro atoms. The first-order valence-corrected chi connectivity index (χ1v) is 14.7. The van der Waals surface area contributed by atoms with Crippen molar-refractivity contribution in [3.05, 3.63) is 71.2 Å². The van der Waals surface area contributed by atoms with Crippen LogP contribution in [0.25, 0.3) is 10.9 Å². The quantitative estimate of drug-likeness (QED) is 0.512. The third kappa shape index (κ3) is 4.06. The number of benzene rings is 2. The number of hydrogen-bond donors (Lipinski definition) is 0. The van der Waals surface area contributed by atoms with Crippen LogP contribution in [0.3, 0.4) is 0 Å². The average molecular weight is 537 g/mol. The van der Waals surface area contributed by atoms with Gasteiger partial charge in [-0.3, -0.25) is 14.6 Å². The molecule has 1 aromatic heterocycles. The minimum Gasteiger partial charge on any atom is -0.370 e. The van der Waals surface area contributed by atoms with E-state index in [1.807, 2.05) is 18.2 Å². The van der Waals surface area contributed by atoms with E-state index in [0.717, 1.165) is 11.1 Å². The second-order valence-corrected chi connectivity index (χ2v) is 12.4. The lowest BCUT2D eigenvalue weighted by atomic mass is 9.73. The molecule has 2 aliphatic heterocycles. The van der Waals surface area contributed by atoms with Crippen LogP contribution in [0, 0.1) is 5.82 Å². The number of anilines is 1. The van der Waals surface area contributed by atoms with E-state index >= 15 is 0 Å². The lowest BCUT2D eigenvalue weighted by Gasteiger charge is -2.41. The monoisotopic (exact) mass is 536 g/mol. The molecule has 0 N–H and O–H groups in total. The molecule has 0 atom stereocenters. The normalized spacial score (nSPS) is 19.8. The summed E-state index contributed by atoms with van der Waals surface area (Å²) in [6, 6.07) is 12.4. The number of fused-ring (bicyclic) bond motifs is 3. The van der Waals surface area contributed by atoms with E-state index in [0.29, 0.717) is 54.5 Å². The second-order valence-electron chi connectivity index (χ2n) is 10.5. The maximum absolute atomic E-state index is 14.4. The van der Waals surface area contributed by atoms with Crippen molar-refractivity contribution in [2.45, 2.75) is 24.7 Å². The number of amides is 1. The SMILES string of the molecule is CS(=O)(=O)N1CCN(C(=O)c2cnc3ccc(F)cc3c2N2CCC3(CC2)C(=O)Cc2ccccc23)CC1. The molecule has 3 heterocycles. The molecule has 1 aliphatic carbocycles. The maximum Gasteiger partial charge on any atom is 0.257 e. The summed E-state index contributed by atoms with van der Waals surface area (Å²) in [6.07, 6.45) is 4.39. The molecule has 2 fully saturated rings. The van der Waals surface area contributed by atoms with E-state index < -0.39 is 21.3 Å². The first-order chi connectivity index (χ1) is 18.2. The zero-order valence-corrected chi connectivity index (χ0v) is 22.0. The molecule has 10 heteroatoms. The number of carbonyl (C=O) groups is 2. The van der Waals surface area contributed by atoms with E-state index in [1.165, 1.54) is 22.7 Å². The molecule has 1 amide bonds.